The standard InChI is InChI=1S/C16H27N.H2O/c1-13-10-11-16(2,17)15(12-13)9-8-14-6-4-3-5-7-14;/h10,12,14H,3-9,11,17H2,1-2H3;1H2. The minimum Gasteiger partial charge on any atom is -0.412 e. The number of nitrogens with two attached hydrogens (primary N) is 1. The Morgan fingerprint density at radius 1 is 1.28 bits per heavy atom. The first-order chi connectivity index (χ1) is 8.08. The van der Waals surface area contributed by atoms with E-state index >= 15 is 0 Å². The zero-order valence-electron chi connectivity index (χ0n) is 12.0. The fourth-order valence-electron chi connectivity index (χ4n) is 3.20. The van der Waals surface area contributed by atoms with E-state index in [9.17, 15) is 0 Å². The van der Waals surface area contributed by atoms with Crippen molar-refractivity contribution in [3.63, 3.8) is 0 Å². The highest BCUT2D eigenvalue weighted by Crippen LogP contribution is 2.33. The van der Waals surface area contributed by atoms with E-state index < -0.39 is 0 Å². The molecule has 1 saturated carbocycles. The molecular formula is C16H29NO. The zero-order chi connectivity index (χ0) is 12.3. The van der Waals surface area contributed by atoms with Crippen molar-refractivity contribution < 1.29 is 5.48 Å². The number of hydrogen-bond donors (Lipinski definition) is 1. The molecule has 0 aromatic carbocycles. The molecule has 2 aliphatic carbocycles. The van der Waals surface area contributed by atoms with Crippen LogP contribution in [0, 0.1) is 5.92 Å². The molecule has 0 saturated heterocycles. The Bertz CT molecular complexity index is 322. The minimum atomic E-state index is -0.0891. The summed E-state index contributed by atoms with van der Waals surface area (Å²) >= 11 is 0. The molecule has 0 aromatic heterocycles. The highest BCUT2D eigenvalue weighted by Gasteiger charge is 2.26. The second-order valence-corrected chi connectivity index (χ2v) is 6.28. The lowest BCUT2D eigenvalue weighted by atomic mass is 9.78. The van der Waals surface area contributed by atoms with Gasteiger partial charge in [-0.25, -0.2) is 0 Å². The second-order valence-electron chi connectivity index (χ2n) is 6.28. The van der Waals surface area contributed by atoms with Crippen molar-refractivity contribution in [1.29, 1.82) is 0 Å². The molecule has 1 fully saturated rings. The summed E-state index contributed by atoms with van der Waals surface area (Å²) in [6, 6.07) is 0. The fraction of sp³-hybridized carbons (Fsp3) is 0.750. The van der Waals surface area contributed by atoms with Crippen molar-refractivity contribution in [2.45, 2.75) is 70.8 Å². The predicted octanol–water partition coefficient (Wildman–Crippen LogP) is 3.52. The summed E-state index contributed by atoms with van der Waals surface area (Å²) in [5.74, 6) is 0.965. The van der Waals surface area contributed by atoms with Gasteiger partial charge < -0.3 is 11.2 Å². The van der Waals surface area contributed by atoms with E-state index in [1.54, 1.807) is 0 Å². The van der Waals surface area contributed by atoms with E-state index in [-0.39, 0.29) is 11.0 Å². The summed E-state index contributed by atoms with van der Waals surface area (Å²) in [6.45, 7) is 4.37. The van der Waals surface area contributed by atoms with Crippen LogP contribution in [0.1, 0.15) is 65.2 Å². The Kier molecular flexibility index (Phi) is 5.61. The molecule has 0 bridgehead atoms. The summed E-state index contributed by atoms with van der Waals surface area (Å²) in [4.78, 5) is 0. The molecule has 104 valence electrons. The Morgan fingerprint density at radius 2 is 1.94 bits per heavy atom. The van der Waals surface area contributed by atoms with Crippen LogP contribution in [0.5, 0.6) is 0 Å². The molecule has 2 rings (SSSR count). The van der Waals surface area contributed by atoms with Crippen molar-refractivity contribution in [2.75, 3.05) is 0 Å². The van der Waals surface area contributed by atoms with Gasteiger partial charge in [-0.3, -0.25) is 0 Å². The first kappa shape index (κ1) is 15.5. The molecule has 0 amide bonds. The molecule has 2 aliphatic rings. The van der Waals surface area contributed by atoms with E-state index in [4.69, 9.17) is 5.73 Å². The quantitative estimate of drug-likeness (QED) is 0.819. The maximum atomic E-state index is 6.39. The molecular weight excluding hydrogens is 222 g/mol. The molecule has 0 radical (unpaired) electrons. The van der Waals surface area contributed by atoms with E-state index in [2.05, 4.69) is 26.0 Å². The predicted molar refractivity (Wildman–Crippen MR) is 78.5 cm³/mol. The van der Waals surface area contributed by atoms with Gasteiger partial charge in [-0.1, -0.05) is 55.4 Å². The van der Waals surface area contributed by atoms with Gasteiger partial charge in [0.05, 0.1) is 0 Å². The molecule has 0 heterocycles. The van der Waals surface area contributed by atoms with Gasteiger partial charge in [0.1, 0.15) is 0 Å². The maximum absolute atomic E-state index is 6.39. The topological polar surface area (TPSA) is 57.5 Å². The van der Waals surface area contributed by atoms with Gasteiger partial charge in [0.2, 0.25) is 0 Å². The number of allylic oxidation sites excluding steroid dienone is 2. The third-order valence-corrected chi connectivity index (χ3v) is 4.53. The van der Waals surface area contributed by atoms with Gasteiger partial charge in [-0.2, -0.15) is 0 Å². The Hall–Kier alpha value is -0.600. The van der Waals surface area contributed by atoms with Gasteiger partial charge in [0.15, 0.2) is 0 Å². The smallest absolute Gasteiger partial charge is 0.0378 e. The van der Waals surface area contributed by atoms with Crippen LogP contribution in [-0.4, -0.2) is 11.0 Å². The fourth-order valence-corrected chi connectivity index (χ4v) is 3.20. The highest BCUT2D eigenvalue weighted by molar-refractivity contribution is 5.34. The van der Waals surface area contributed by atoms with Crippen molar-refractivity contribution in [3.05, 3.63) is 23.3 Å². The molecule has 0 spiro atoms. The molecule has 2 nitrogen and oxygen atoms in total. The summed E-state index contributed by atoms with van der Waals surface area (Å²) in [5.41, 5.74) is 9.17. The highest BCUT2D eigenvalue weighted by atomic mass is 16.0. The minimum absolute atomic E-state index is 0. The van der Waals surface area contributed by atoms with Crippen molar-refractivity contribution in [1.82, 2.24) is 0 Å². The average Bonchev–Trinajstić information content (AvgIpc) is 2.32. The van der Waals surface area contributed by atoms with E-state index in [0.717, 1.165) is 12.3 Å². The van der Waals surface area contributed by atoms with Crippen LogP contribution in [0.3, 0.4) is 0 Å². The average molecular weight is 251 g/mol. The van der Waals surface area contributed by atoms with Crippen molar-refractivity contribution in [2.24, 2.45) is 11.7 Å². The molecule has 0 aromatic rings. The van der Waals surface area contributed by atoms with Crippen LogP contribution in [0.25, 0.3) is 0 Å². The normalized spacial score (nSPS) is 29.3. The molecule has 0 aliphatic heterocycles. The van der Waals surface area contributed by atoms with Crippen LogP contribution >= 0.6 is 0 Å². The van der Waals surface area contributed by atoms with E-state index in [1.165, 1.54) is 56.1 Å². The number of rotatable bonds is 3. The van der Waals surface area contributed by atoms with Gasteiger partial charge in [-0.15, -0.1) is 0 Å². The van der Waals surface area contributed by atoms with Crippen LogP contribution in [0.2, 0.25) is 0 Å². The maximum Gasteiger partial charge on any atom is 0.0378 e. The summed E-state index contributed by atoms with van der Waals surface area (Å²) < 4.78 is 0. The SMILES string of the molecule is CC1=CCC(C)(N)C(CCC2CCCCC2)=C1.O. The van der Waals surface area contributed by atoms with Gasteiger partial charge in [0, 0.05) is 5.54 Å². The van der Waals surface area contributed by atoms with Crippen LogP contribution in [0.15, 0.2) is 23.3 Å². The Labute approximate surface area is 112 Å². The van der Waals surface area contributed by atoms with Gasteiger partial charge in [0.25, 0.3) is 0 Å². The summed E-state index contributed by atoms with van der Waals surface area (Å²) in [6.07, 6.45) is 15.4. The Balaban J connectivity index is 0.00000162. The second kappa shape index (κ2) is 6.53. The van der Waals surface area contributed by atoms with Crippen molar-refractivity contribution >= 4 is 0 Å². The van der Waals surface area contributed by atoms with E-state index in [0.29, 0.717) is 0 Å². The number of hydrogen-bond acceptors (Lipinski definition) is 1. The largest absolute Gasteiger partial charge is 0.412 e. The third kappa shape index (κ3) is 3.96. The zero-order valence-corrected chi connectivity index (χ0v) is 12.0. The third-order valence-electron chi connectivity index (χ3n) is 4.53. The van der Waals surface area contributed by atoms with E-state index in [1.807, 2.05) is 0 Å². The Morgan fingerprint density at radius 3 is 2.61 bits per heavy atom. The first-order valence-corrected chi connectivity index (χ1v) is 7.24. The molecule has 1 atom stereocenters. The summed E-state index contributed by atoms with van der Waals surface area (Å²) in [5, 5.41) is 0. The molecule has 1 unspecified atom stereocenters. The van der Waals surface area contributed by atoms with Crippen LogP contribution in [-0.2, 0) is 0 Å². The first-order valence-electron chi connectivity index (χ1n) is 7.24. The molecule has 4 N–H and O–H groups in total. The summed E-state index contributed by atoms with van der Waals surface area (Å²) in [7, 11) is 0. The lowest BCUT2D eigenvalue weighted by molar-refractivity contribution is 0.333. The monoisotopic (exact) mass is 251 g/mol. The van der Waals surface area contributed by atoms with Crippen molar-refractivity contribution in [3.8, 4) is 0 Å². The lowest BCUT2D eigenvalue weighted by Gasteiger charge is -2.32. The molecule has 2 heteroatoms. The van der Waals surface area contributed by atoms with Crippen LogP contribution in [0.4, 0.5) is 0 Å². The van der Waals surface area contributed by atoms with Gasteiger partial charge in [-0.05, 0) is 39.0 Å². The molecule has 18 heavy (non-hydrogen) atoms. The van der Waals surface area contributed by atoms with Gasteiger partial charge >= 0.3 is 0 Å². The van der Waals surface area contributed by atoms with Crippen LogP contribution < -0.4 is 5.73 Å². The lowest BCUT2D eigenvalue weighted by Crippen LogP contribution is -2.39.